The Hall–Kier alpha value is -1.44. The molecule has 0 radical (unpaired) electrons. The third-order valence-electron chi connectivity index (χ3n) is 6.50. The van der Waals surface area contributed by atoms with E-state index in [2.05, 4.69) is 40.7 Å². The summed E-state index contributed by atoms with van der Waals surface area (Å²) in [4.78, 5) is 24.5. The van der Waals surface area contributed by atoms with E-state index in [4.69, 9.17) is 1.37 Å². The highest BCUT2D eigenvalue weighted by Gasteiger charge is 2.22. The monoisotopic (exact) mass is 418 g/mol. The van der Waals surface area contributed by atoms with Crippen molar-refractivity contribution >= 4 is 11.6 Å². The van der Waals surface area contributed by atoms with Gasteiger partial charge in [-0.2, -0.15) is 0 Å². The van der Waals surface area contributed by atoms with Crippen molar-refractivity contribution in [3.63, 3.8) is 0 Å². The largest absolute Gasteiger partial charge is 0.290 e. The summed E-state index contributed by atoms with van der Waals surface area (Å²) >= 11 is 0. The minimum Gasteiger partial charge on any atom is -0.290 e. The molecule has 0 saturated heterocycles. The second-order valence-electron chi connectivity index (χ2n) is 10.1. The highest BCUT2D eigenvalue weighted by Crippen LogP contribution is 2.24. The van der Waals surface area contributed by atoms with Crippen molar-refractivity contribution < 1.29 is 11.0 Å². The number of ketones is 2. The Bertz CT molecular complexity index is 681. The van der Waals surface area contributed by atoms with Crippen LogP contribution in [-0.4, -0.2) is 11.6 Å². The lowest BCUT2D eigenvalue weighted by atomic mass is 9.91. The van der Waals surface area contributed by atoms with Crippen molar-refractivity contribution in [3.8, 4) is 0 Å². The number of hydrogen-bond acceptors (Lipinski definition) is 2. The molecule has 0 aromatic carbocycles. The molecule has 0 aromatic rings. The van der Waals surface area contributed by atoms with E-state index in [-0.39, 0.29) is 18.5 Å². The fourth-order valence-corrected chi connectivity index (χ4v) is 4.12. The summed E-state index contributed by atoms with van der Waals surface area (Å²) in [5.41, 5.74) is 2.65. The van der Waals surface area contributed by atoms with Crippen LogP contribution in [0.3, 0.4) is 0 Å². The third kappa shape index (κ3) is 10.0. The van der Waals surface area contributed by atoms with E-state index in [0.717, 1.165) is 24.2 Å². The maximum atomic E-state index is 12.4. The molecule has 2 atom stereocenters. The van der Waals surface area contributed by atoms with Crippen LogP contribution in [0.1, 0.15) is 114 Å². The summed E-state index contributed by atoms with van der Waals surface area (Å²) in [6, 6.07) is 0. The molecule has 170 valence electrons. The standard InChI is InChI=1S/C28H46O2/c1-20(2)11-8-12-21(3)13-9-14-22(4)15-10-16-23(5)17-18-26-19-27(29)24(6)25(7)28(26)30/h17,19-22H,8-16,18H2,1-7H3/b23-17+/t21-,22-/m1/s1/i6+2T. The van der Waals surface area contributed by atoms with Crippen molar-refractivity contribution in [2.24, 2.45) is 17.8 Å². The lowest BCUT2D eigenvalue weighted by molar-refractivity contribution is -0.115. The van der Waals surface area contributed by atoms with Gasteiger partial charge in [0.05, 0.1) is 0 Å². The Balaban J connectivity index is 2.26. The number of carbonyl (C=O) groups excluding carboxylic acids is 2. The Morgan fingerprint density at radius 1 is 1.00 bits per heavy atom. The quantitative estimate of drug-likeness (QED) is 0.210. The first-order chi connectivity index (χ1) is 14.6. The summed E-state index contributed by atoms with van der Waals surface area (Å²) in [7, 11) is 0. The van der Waals surface area contributed by atoms with Gasteiger partial charge in [0.15, 0.2) is 11.6 Å². The third-order valence-corrected chi connectivity index (χ3v) is 6.50. The van der Waals surface area contributed by atoms with Crippen LogP contribution < -0.4 is 0 Å². The topological polar surface area (TPSA) is 34.1 Å². The van der Waals surface area contributed by atoms with E-state index in [1.165, 1.54) is 63.0 Å². The highest BCUT2D eigenvalue weighted by atomic mass is 16.1. The predicted molar refractivity (Wildman–Crippen MR) is 130 cm³/mol. The fourth-order valence-electron chi connectivity index (χ4n) is 4.12. The SMILES string of the molecule is [3H][14CH2]C1=C(C)C(=O)C(C/C=C(\C)CCC[C@H](C)CCC[C@H](C)CCCC(C)C)=CC1=O. The first-order valence-corrected chi connectivity index (χ1v) is 12.1. The average molecular weight is 419 g/mol. The molecule has 1 aliphatic carbocycles. The molecular formula is C28H46O2. The molecule has 0 saturated carbocycles. The van der Waals surface area contributed by atoms with Crippen LogP contribution in [0.15, 0.2) is 34.4 Å². The molecule has 0 spiro atoms. The zero-order valence-electron chi connectivity index (χ0n) is 21.5. The minimum absolute atomic E-state index is 0.0713. The first kappa shape index (κ1) is 24.8. The Labute approximate surface area is 187 Å². The summed E-state index contributed by atoms with van der Waals surface area (Å²) in [5.74, 6) is 2.21. The highest BCUT2D eigenvalue weighted by molar-refractivity contribution is 6.22. The zero-order chi connectivity index (χ0) is 23.4. The fraction of sp³-hybridized carbons (Fsp3) is 0.714. The van der Waals surface area contributed by atoms with Crippen LogP contribution in [0.2, 0.25) is 0 Å². The Morgan fingerprint density at radius 2 is 1.57 bits per heavy atom. The number of allylic oxidation sites excluding steroid dienone is 6. The van der Waals surface area contributed by atoms with Gasteiger partial charge in [0.1, 0.15) is 0 Å². The molecule has 1 aliphatic rings. The van der Waals surface area contributed by atoms with Crippen LogP contribution in [0.5, 0.6) is 0 Å². The molecule has 2 heteroatoms. The van der Waals surface area contributed by atoms with Gasteiger partial charge in [0, 0.05) is 18.1 Å². The molecular weight excluding hydrogens is 370 g/mol. The summed E-state index contributed by atoms with van der Waals surface area (Å²) in [5, 5.41) is 0. The molecule has 30 heavy (non-hydrogen) atoms. The van der Waals surface area contributed by atoms with Gasteiger partial charge >= 0.3 is 0 Å². The van der Waals surface area contributed by atoms with Gasteiger partial charge in [-0.05, 0) is 63.8 Å². The van der Waals surface area contributed by atoms with Crippen molar-refractivity contribution in [2.75, 3.05) is 0 Å². The van der Waals surface area contributed by atoms with Gasteiger partial charge in [0.2, 0.25) is 0 Å². The maximum Gasteiger partial charge on any atom is 0.185 e. The van der Waals surface area contributed by atoms with Gasteiger partial charge < -0.3 is 0 Å². The van der Waals surface area contributed by atoms with Crippen LogP contribution >= 0.6 is 0 Å². The summed E-state index contributed by atoms with van der Waals surface area (Å²) in [6.07, 6.45) is 15.7. The van der Waals surface area contributed by atoms with Gasteiger partial charge in [-0.1, -0.05) is 84.3 Å². The molecule has 2 nitrogen and oxygen atoms in total. The molecule has 0 bridgehead atoms. The minimum atomic E-state index is -0.170. The Morgan fingerprint density at radius 3 is 2.13 bits per heavy atom. The number of rotatable bonds is 14. The van der Waals surface area contributed by atoms with Gasteiger partial charge in [-0.3, -0.25) is 9.59 Å². The first-order valence-electron chi connectivity index (χ1n) is 12.8. The van der Waals surface area contributed by atoms with Crippen LogP contribution in [0.4, 0.5) is 0 Å². The smallest absolute Gasteiger partial charge is 0.185 e. The van der Waals surface area contributed by atoms with Gasteiger partial charge in [-0.15, -0.1) is 0 Å². The average Bonchev–Trinajstić information content (AvgIpc) is 2.69. The number of hydrogen-bond donors (Lipinski definition) is 0. The van der Waals surface area contributed by atoms with Crippen molar-refractivity contribution in [3.05, 3.63) is 34.4 Å². The lowest BCUT2D eigenvalue weighted by Gasteiger charge is -2.15. The molecule has 0 amide bonds. The second kappa shape index (κ2) is 13.8. The van der Waals surface area contributed by atoms with E-state index in [9.17, 15) is 9.59 Å². The van der Waals surface area contributed by atoms with Crippen LogP contribution in [0.25, 0.3) is 0 Å². The van der Waals surface area contributed by atoms with Crippen molar-refractivity contribution in [1.29, 1.82) is 0 Å². The normalized spacial score (nSPS) is 18.0. The van der Waals surface area contributed by atoms with E-state index in [1.54, 1.807) is 6.92 Å². The molecule has 0 N–H and O–H groups in total. The van der Waals surface area contributed by atoms with Crippen LogP contribution in [-0.2, 0) is 9.59 Å². The van der Waals surface area contributed by atoms with Crippen molar-refractivity contribution in [2.45, 2.75) is 113 Å². The molecule has 0 heterocycles. The van der Waals surface area contributed by atoms with Crippen molar-refractivity contribution in [1.82, 2.24) is 0 Å². The lowest BCUT2D eigenvalue weighted by Crippen LogP contribution is -2.16. The van der Waals surface area contributed by atoms with Crippen LogP contribution in [0, 0.1) is 17.8 Å². The number of carbonyl (C=O) groups is 2. The van der Waals surface area contributed by atoms with E-state index in [0.29, 0.717) is 23.1 Å². The van der Waals surface area contributed by atoms with Gasteiger partial charge in [0.25, 0.3) is 0 Å². The van der Waals surface area contributed by atoms with Gasteiger partial charge in [-0.25, -0.2) is 0 Å². The van der Waals surface area contributed by atoms with E-state index in [1.807, 2.05) is 0 Å². The van der Waals surface area contributed by atoms with E-state index >= 15 is 0 Å². The summed E-state index contributed by atoms with van der Waals surface area (Å²) in [6.45, 7) is 13.1. The molecule has 0 fully saturated rings. The summed E-state index contributed by atoms with van der Waals surface area (Å²) < 4.78 is 7.43. The maximum absolute atomic E-state index is 12.4. The molecule has 0 aromatic heterocycles. The second-order valence-corrected chi connectivity index (χ2v) is 10.1. The molecule has 1 rings (SSSR count). The zero-order valence-corrected chi connectivity index (χ0v) is 20.5. The molecule has 0 aliphatic heterocycles. The van der Waals surface area contributed by atoms with E-state index < -0.39 is 0 Å². The number of Topliss-reactive ketones (excluding diaryl/α,β-unsaturated/α-hetero) is 1. The Kier molecular flexibility index (Phi) is 11.4. The molecule has 0 unspecified atom stereocenters. The predicted octanol–water partition coefficient (Wildman–Crippen LogP) is 8.18.